The molecule has 1 fully saturated rings. The van der Waals surface area contributed by atoms with Crippen molar-refractivity contribution in [3.8, 4) is 0 Å². The second-order valence-electron chi connectivity index (χ2n) is 5.40. The van der Waals surface area contributed by atoms with Crippen molar-refractivity contribution < 1.29 is 9.53 Å². The minimum absolute atomic E-state index is 0.0732. The zero-order valence-electron chi connectivity index (χ0n) is 11.7. The highest BCUT2D eigenvalue weighted by Crippen LogP contribution is 2.35. The molecular formula is C14H27NO2. The van der Waals surface area contributed by atoms with Crippen LogP contribution in [0.4, 0.5) is 0 Å². The first kappa shape index (κ1) is 14.5. The number of hydrogen-bond acceptors (Lipinski definition) is 3. The number of carbonyl (C=O) groups is 1. The maximum Gasteiger partial charge on any atom is 0.326 e. The van der Waals surface area contributed by atoms with Crippen LogP contribution in [0.1, 0.15) is 59.3 Å². The number of methoxy groups -OCH3 is 1. The highest BCUT2D eigenvalue weighted by molar-refractivity contribution is 5.81. The molecule has 17 heavy (non-hydrogen) atoms. The number of esters is 1. The Hall–Kier alpha value is -0.570. The molecule has 0 spiro atoms. The topological polar surface area (TPSA) is 38.3 Å². The van der Waals surface area contributed by atoms with E-state index in [2.05, 4.69) is 26.1 Å². The average molecular weight is 241 g/mol. The summed E-state index contributed by atoms with van der Waals surface area (Å²) < 4.78 is 5.03. The largest absolute Gasteiger partial charge is 0.468 e. The van der Waals surface area contributed by atoms with Crippen molar-refractivity contribution in [1.29, 1.82) is 0 Å². The van der Waals surface area contributed by atoms with Crippen molar-refractivity contribution in [1.82, 2.24) is 5.32 Å². The SMILES string of the molecule is CCC1CCCC(NC(C)CC)(C(=O)OC)C1. The molecule has 1 aliphatic carbocycles. The summed E-state index contributed by atoms with van der Waals surface area (Å²) in [6.07, 6.45) is 6.41. The van der Waals surface area contributed by atoms with Gasteiger partial charge >= 0.3 is 5.97 Å². The molecule has 0 saturated heterocycles. The molecule has 0 amide bonds. The number of nitrogens with one attached hydrogen (secondary N) is 1. The Morgan fingerprint density at radius 1 is 1.53 bits per heavy atom. The second-order valence-corrected chi connectivity index (χ2v) is 5.40. The standard InChI is InChI=1S/C14H27NO2/c1-5-11(3)15-14(13(16)17-4)9-7-8-12(6-2)10-14/h11-12,15H,5-10H2,1-4H3. The molecule has 1 saturated carbocycles. The Balaban J connectivity index is 2.81. The van der Waals surface area contributed by atoms with E-state index in [1.165, 1.54) is 13.5 Å². The average Bonchev–Trinajstić information content (AvgIpc) is 2.37. The van der Waals surface area contributed by atoms with Gasteiger partial charge in [-0.1, -0.05) is 33.1 Å². The third-order valence-corrected chi connectivity index (χ3v) is 4.14. The Labute approximate surface area is 105 Å². The molecule has 100 valence electrons. The lowest BCUT2D eigenvalue weighted by Gasteiger charge is -2.40. The van der Waals surface area contributed by atoms with Crippen LogP contribution in [0, 0.1) is 5.92 Å². The van der Waals surface area contributed by atoms with Crippen LogP contribution in [0.25, 0.3) is 0 Å². The maximum absolute atomic E-state index is 12.1. The highest BCUT2D eigenvalue weighted by Gasteiger charge is 2.43. The Bertz CT molecular complexity index is 251. The smallest absolute Gasteiger partial charge is 0.326 e. The molecule has 3 atom stereocenters. The third-order valence-electron chi connectivity index (χ3n) is 4.14. The predicted molar refractivity (Wildman–Crippen MR) is 69.9 cm³/mol. The molecular weight excluding hydrogens is 214 g/mol. The maximum atomic E-state index is 12.1. The summed E-state index contributed by atoms with van der Waals surface area (Å²) in [6.45, 7) is 6.49. The molecule has 0 aliphatic heterocycles. The van der Waals surface area contributed by atoms with Gasteiger partial charge in [0, 0.05) is 6.04 Å². The van der Waals surface area contributed by atoms with E-state index >= 15 is 0 Å². The van der Waals surface area contributed by atoms with E-state index in [0.717, 1.165) is 32.1 Å². The van der Waals surface area contributed by atoms with Crippen LogP contribution in [-0.2, 0) is 9.53 Å². The van der Waals surface area contributed by atoms with Crippen molar-refractivity contribution in [2.24, 2.45) is 5.92 Å². The first-order chi connectivity index (χ1) is 8.07. The Morgan fingerprint density at radius 3 is 2.76 bits per heavy atom. The van der Waals surface area contributed by atoms with Gasteiger partial charge in [0.1, 0.15) is 5.54 Å². The van der Waals surface area contributed by atoms with Crippen molar-refractivity contribution in [2.75, 3.05) is 7.11 Å². The molecule has 0 bridgehead atoms. The van der Waals surface area contributed by atoms with Crippen LogP contribution in [0.5, 0.6) is 0 Å². The summed E-state index contributed by atoms with van der Waals surface area (Å²) in [5.41, 5.74) is -0.427. The molecule has 0 aromatic carbocycles. The van der Waals surface area contributed by atoms with E-state index in [1.54, 1.807) is 0 Å². The first-order valence-electron chi connectivity index (χ1n) is 6.94. The van der Waals surface area contributed by atoms with Gasteiger partial charge in [0.2, 0.25) is 0 Å². The molecule has 3 nitrogen and oxygen atoms in total. The summed E-state index contributed by atoms with van der Waals surface area (Å²) in [4.78, 5) is 12.1. The minimum atomic E-state index is -0.427. The molecule has 1 aliphatic rings. The fourth-order valence-electron chi connectivity index (χ4n) is 2.88. The summed E-state index contributed by atoms with van der Waals surface area (Å²) in [5.74, 6) is 0.579. The van der Waals surface area contributed by atoms with Crippen LogP contribution >= 0.6 is 0 Å². The van der Waals surface area contributed by atoms with Crippen molar-refractivity contribution in [3.05, 3.63) is 0 Å². The van der Waals surface area contributed by atoms with E-state index in [1.807, 2.05) is 0 Å². The monoisotopic (exact) mass is 241 g/mol. The normalized spacial score (nSPS) is 30.9. The molecule has 0 heterocycles. The van der Waals surface area contributed by atoms with Crippen molar-refractivity contribution >= 4 is 5.97 Å². The van der Waals surface area contributed by atoms with Gasteiger partial charge in [-0.25, -0.2) is 0 Å². The summed E-state index contributed by atoms with van der Waals surface area (Å²) in [6, 6.07) is 0.365. The van der Waals surface area contributed by atoms with Crippen LogP contribution in [0.15, 0.2) is 0 Å². The fraction of sp³-hybridized carbons (Fsp3) is 0.929. The van der Waals surface area contributed by atoms with Crippen molar-refractivity contribution in [2.45, 2.75) is 70.9 Å². The van der Waals surface area contributed by atoms with Gasteiger partial charge in [-0.05, 0) is 32.1 Å². The van der Waals surface area contributed by atoms with Crippen LogP contribution in [-0.4, -0.2) is 24.7 Å². The van der Waals surface area contributed by atoms with Crippen molar-refractivity contribution in [3.63, 3.8) is 0 Å². The zero-order valence-corrected chi connectivity index (χ0v) is 11.7. The third kappa shape index (κ3) is 3.44. The van der Waals surface area contributed by atoms with E-state index in [9.17, 15) is 4.79 Å². The Morgan fingerprint density at radius 2 is 2.24 bits per heavy atom. The van der Waals surface area contributed by atoms with Gasteiger partial charge in [0.15, 0.2) is 0 Å². The zero-order chi connectivity index (χ0) is 12.9. The summed E-state index contributed by atoms with van der Waals surface area (Å²) >= 11 is 0. The minimum Gasteiger partial charge on any atom is -0.468 e. The van der Waals surface area contributed by atoms with Gasteiger partial charge in [0.25, 0.3) is 0 Å². The summed E-state index contributed by atoms with van der Waals surface area (Å²) in [7, 11) is 1.50. The van der Waals surface area contributed by atoms with Gasteiger partial charge in [-0.3, -0.25) is 10.1 Å². The van der Waals surface area contributed by atoms with Gasteiger partial charge in [0.05, 0.1) is 7.11 Å². The van der Waals surface area contributed by atoms with E-state index in [-0.39, 0.29) is 5.97 Å². The molecule has 0 radical (unpaired) electrons. The molecule has 0 aromatic rings. The van der Waals surface area contributed by atoms with Gasteiger partial charge in [-0.2, -0.15) is 0 Å². The summed E-state index contributed by atoms with van der Waals surface area (Å²) in [5, 5.41) is 3.52. The first-order valence-corrected chi connectivity index (χ1v) is 6.94. The van der Waals surface area contributed by atoms with Crippen LogP contribution in [0.3, 0.4) is 0 Å². The van der Waals surface area contributed by atoms with Crippen LogP contribution in [0.2, 0.25) is 0 Å². The lowest BCUT2D eigenvalue weighted by molar-refractivity contribution is -0.151. The molecule has 1 rings (SSSR count). The fourth-order valence-corrected chi connectivity index (χ4v) is 2.88. The number of carbonyl (C=O) groups excluding carboxylic acids is 1. The number of rotatable bonds is 5. The van der Waals surface area contributed by atoms with E-state index in [0.29, 0.717) is 12.0 Å². The lowest BCUT2D eigenvalue weighted by Crippen LogP contribution is -2.58. The Kier molecular flexibility index (Phi) is 5.44. The predicted octanol–water partition coefficient (Wildman–Crippen LogP) is 2.89. The van der Waals surface area contributed by atoms with E-state index < -0.39 is 5.54 Å². The highest BCUT2D eigenvalue weighted by atomic mass is 16.5. The second kappa shape index (κ2) is 6.39. The lowest BCUT2D eigenvalue weighted by atomic mass is 9.74. The molecule has 3 heteroatoms. The van der Waals surface area contributed by atoms with Crippen LogP contribution < -0.4 is 5.32 Å². The molecule has 3 unspecified atom stereocenters. The molecule has 1 N–H and O–H groups in total. The van der Waals surface area contributed by atoms with E-state index in [4.69, 9.17) is 4.74 Å². The quantitative estimate of drug-likeness (QED) is 0.752. The number of ether oxygens (including phenoxy) is 1. The number of hydrogen-bond donors (Lipinski definition) is 1. The molecule has 0 aromatic heterocycles. The van der Waals surface area contributed by atoms with Gasteiger partial charge < -0.3 is 4.74 Å². The van der Waals surface area contributed by atoms with Gasteiger partial charge in [-0.15, -0.1) is 0 Å².